The molecular formula is C15H14N4O2. The van der Waals surface area contributed by atoms with Gasteiger partial charge in [-0.15, -0.1) is 0 Å². The number of nitrogens with one attached hydrogen (secondary N) is 2. The molecular weight excluding hydrogens is 268 g/mol. The van der Waals surface area contributed by atoms with E-state index in [0.29, 0.717) is 10.8 Å². The number of aromatic amines is 1. The molecule has 2 N–H and O–H groups in total. The number of hydrogen-bond donors (Lipinski definition) is 2. The number of allylic oxidation sites excluding steroid dienone is 2. The van der Waals surface area contributed by atoms with Crippen molar-refractivity contribution in [3.05, 3.63) is 52.0 Å². The highest BCUT2D eigenvalue weighted by Crippen LogP contribution is 2.15. The quantitative estimate of drug-likeness (QED) is 0.823. The van der Waals surface area contributed by atoms with Crippen LogP contribution in [-0.2, 0) is 0 Å². The third-order valence-corrected chi connectivity index (χ3v) is 3.40. The van der Waals surface area contributed by atoms with Gasteiger partial charge in [0.15, 0.2) is 5.69 Å². The van der Waals surface area contributed by atoms with Crippen LogP contribution in [0.5, 0.6) is 0 Å². The van der Waals surface area contributed by atoms with Gasteiger partial charge >= 0.3 is 0 Å². The van der Waals surface area contributed by atoms with Crippen LogP contribution in [0.2, 0.25) is 0 Å². The molecule has 6 nitrogen and oxygen atoms in total. The molecule has 0 fully saturated rings. The molecule has 1 aliphatic carbocycles. The predicted octanol–water partition coefficient (Wildman–Crippen LogP) is 1.75. The molecule has 0 radical (unpaired) electrons. The first-order valence-corrected chi connectivity index (χ1v) is 6.66. The summed E-state index contributed by atoms with van der Waals surface area (Å²) in [5.41, 5.74) is 4.42. The molecule has 1 heterocycles. The Morgan fingerprint density at radius 2 is 2.05 bits per heavy atom. The molecule has 1 aliphatic rings. The van der Waals surface area contributed by atoms with Crippen molar-refractivity contribution >= 4 is 22.4 Å². The summed E-state index contributed by atoms with van der Waals surface area (Å²) in [5.74, 6) is -0.437. The van der Waals surface area contributed by atoms with E-state index in [1.165, 1.54) is 5.57 Å². The van der Waals surface area contributed by atoms with Crippen molar-refractivity contribution < 1.29 is 4.79 Å². The first-order valence-electron chi connectivity index (χ1n) is 6.66. The van der Waals surface area contributed by atoms with E-state index >= 15 is 0 Å². The number of amides is 1. The molecule has 0 bridgehead atoms. The summed E-state index contributed by atoms with van der Waals surface area (Å²) < 4.78 is 0. The van der Waals surface area contributed by atoms with Crippen molar-refractivity contribution in [2.24, 2.45) is 5.10 Å². The van der Waals surface area contributed by atoms with Gasteiger partial charge in [0, 0.05) is 5.39 Å². The maximum Gasteiger partial charge on any atom is 0.292 e. The van der Waals surface area contributed by atoms with Crippen molar-refractivity contribution in [1.82, 2.24) is 15.6 Å². The SMILES string of the molecule is CC1=CC(=NNC(=O)c2n[nH]c(=O)c3ccccc23)CC1. The van der Waals surface area contributed by atoms with Crippen molar-refractivity contribution in [3.8, 4) is 0 Å². The van der Waals surface area contributed by atoms with Gasteiger partial charge in [-0.2, -0.15) is 10.2 Å². The van der Waals surface area contributed by atoms with E-state index in [0.717, 1.165) is 18.6 Å². The Labute approximate surface area is 120 Å². The second-order valence-electron chi connectivity index (χ2n) is 4.98. The second-order valence-corrected chi connectivity index (χ2v) is 4.98. The number of carbonyl (C=O) groups is 1. The van der Waals surface area contributed by atoms with Crippen molar-refractivity contribution in [2.75, 3.05) is 0 Å². The summed E-state index contributed by atoms with van der Waals surface area (Å²) in [6, 6.07) is 6.85. The number of hydrazone groups is 1. The fourth-order valence-electron chi connectivity index (χ4n) is 2.31. The van der Waals surface area contributed by atoms with Gasteiger partial charge in [-0.25, -0.2) is 10.5 Å². The van der Waals surface area contributed by atoms with E-state index in [-0.39, 0.29) is 11.3 Å². The smallest absolute Gasteiger partial charge is 0.267 e. The third-order valence-electron chi connectivity index (χ3n) is 3.40. The molecule has 3 rings (SSSR count). The fourth-order valence-corrected chi connectivity index (χ4v) is 2.31. The van der Waals surface area contributed by atoms with E-state index in [9.17, 15) is 9.59 Å². The van der Waals surface area contributed by atoms with E-state index in [2.05, 4.69) is 20.7 Å². The first kappa shape index (κ1) is 13.2. The van der Waals surface area contributed by atoms with Crippen molar-refractivity contribution in [2.45, 2.75) is 19.8 Å². The van der Waals surface area contributed by atoms with Gasteiger partial charge in [0.05, 0.1) is 11.1 Å². The normalized spacial score (nSPS) is 16.2. The highest BCUT2D eigenvalue weighted by molar-refractivity contribution is 6.05. The summed E-state index contributed by atoms with van der Waals surface area (Å²) in [4.78, 5) is 23.9. The van der Waals surface area contributed by atoms with Gasteiger partial charge in [-0.05, 0) is 31.9 Å². The number of aromatic nitrogens is 2. The molecule has 6 heteroatoms. The molecule has 0 atom stereocenters. The highest BCUT2D eigenvalue weighted by Gasteiger charge is 2.14. The average molecular weight is 282 g/mol. The summed E-state index contributed by atoms with van der Waals surface area (Å²) in [6.45, 7) is 2.03. The average Bonchev–Trinajstić information content (AvgIpc) is 2.91. The minimum absolute atomic E-state index is 0.160. The van der Waals surface area contributed by atoms with Crippen molar-refractivity contribution in [3.63, 3.8) is 0 Å². The number of hydrogen-bond acceptors (Lipinski definition) is 4. The molecule has 2 aromatic rings. The minimum atomic E-state index is -0.437. The maximum absolute atomic E-state index is 12.2. The monoisotopic (exact) mass is 282 g/mol. The van der Waals surface area contributed by atoms with Crippen LogP contribution < -0.4 is 11.0 Å². The number of rotatable bonds is 2. The molecule has 1 aromatic carbocycles. The highest BCUT2D eigenvalue weighted by atomic mass is 16.2. The molecule has 0 spiro atoms. The van der Waals surface area contributed by atoms with Crippen molar-refractivity contribution in [1.29, 1.82) is 0 Å². The van der Waals surface area contributed by atoms with Gasteiger partial charge in [0.1, 0.15) is 0 Å². The van der Waals surface area contributed by atoms with Crippen LogP contribution in [0.15, 0.2) is 45.8 Å². The van der Waals surface area contributed by atoms with Crippen LogP contribution >= 0.6 is 0 Å². The molecule has 0 saturated heterocycles. The Kier molecular flexibility index (Phi) is 3.35. The van der Waals surface area contributed by atoms with Crippen LogP contribution in [0.25, 0.3) is 10.8 Å². The lowest BCUT2D eigenvalue weighted by Gasteiger charge is -2.03. The van der Waals surface area contributed by atoms with Crippen LogP contribution in [0, 0.1) is 0 Å². The number of nitrogens with zero attached hydrogens (tertiary/aromatic N) is 2. The van der Waals surface area contributed by atoms with Gasteiger partial charge in [-0.3, -0.25) is 9.59 Å². The summed E-state index contributed by atoms with van der Waals surface area (Å²) >= 11 is 0. The molecule has 21 heavy (non-hydrogen) atoms. The molecule has 1 amide bonds. The third kappa shape index (κ3) is 2.60. The number of fused-ring (bicyclic) bond motifs is 1. The summed E-state index contributed by atoms with van der Waals surface area (Å²) in [5, 5.41) is 11.2. The van der Waals surface area contributed by atoms with Crippen LogP contribution in [0.4, 0.5) is 0 Å². The van der Waals surface area contributed by atoms with Gasteiger partial charge in [-0.1, -0.05) is 23.8 Å². The standard InChI is InChI=1S/C15H14N4O2/c1-9-6-7-10(8-9)16-19-15(21)13-11-4-2-3-5-12(11)14(20)18-17-13/h2-5,8H,6-7H2,1H3,(H,18,20)(H,19,21). The number of benzene rings is 1. The zero-order valence-electron chi connectivity index (χ0n) is 11.5. The lowest BCUT2D eigenvalue weighted by Crippen LogP contribution is -2.23. The molecule has 0 aliphatic heterocycles. The van der Waals surface area contributed by atoms with E-state index in [1.54, 1.807) is 24.3 Å². The maximum atomic E-state index is 12.2. The Hall–Kier alpha value is -2.76. The minimum Gasteiger partial charge on any atom is -0.267 e. The lowest BCUT2D eigenvalue weighted by molar-refractivity contribution is 0.0950. The Balaban J connectivity index is 1.92. The van der Waals surface area contributed by atoms with Gasteiger partial charge in [0.25, 0.3) is 11.5 Å². The predicted molar refractivity (Wildman–Crippen MR) is 80.3 cm³/mol. The Morgan fingerprint density at radius 3 is 2.76 bits per heavy atom. The van der Waals surface area contributed by atoms with E-state index < -0.39 is 5.91 Å². The zero-order chi connectivity index (χ0) is 14.8. The first-order chi connectivity index (χ1) is 10.1. The molecule has 0 unspecified atom stereocenters. The number of H-pyrrole nitrogens is 1. The fraction of sp³-hybridized carbons (Fsp3) is 0.200. The van der Waals surface area contributed by atoms with E-state index in [1.807, 2.05) is 13.0 Å². The summed E-state index contributed by atoms with van der Waals surface area (Å²) in [6.07, 6.45) is 3.75. The molecule has 0 saturated carbocycles. The second kappa shape index (κ2) is 5.32. The molecule has 1 aromatic heterocycles. The van der Waals surface area contributed by atoms with E-state index in [4.69, 9.17) is 0 Å². The molecule has 106 valence electrons. The van der Waals surface area contributed by atoms with Crippen LogP contribution in [0.3, 0.4) is 0 Å². The Bertz CT molecular complexity index is 833. The Morgan fingerprint density at radius 1 is 1.29 bits per heavy atom. The topological polar surface area (TPSA) is 87.2 Å². The van der Waals surface area contributed by atoms with Gasteiger partial charge < -0.3 is 0 Å². The number of carbonyl (C=O) groups excluding carboxylic acids is 1. The van der Waals surface area contributed by atoms with Gasteiger partial charge in [0.2, 0.25) is 0 Å². The van der Waals surface area contributed by atoms with Crippen LogP contribution in [-0.4, -0.2) is 21.8 Å². The van der Waals surface area contributed by atoms with Crippen LogP contribution in [0.1, 0.15) is 30.3 Å². The lowest BCUT2D eigenvalue weighted by atomic mass is 10.1. The summed E-state index contributed by atoms with van der Waals surface area (Å²) in [7, 11) is 0. The zero-order valence-corrected chi connectivity index (χ0v) is 11.5. The largest absolute Gasteiger partial charge is 0.292 e.